The zero-order valence-corrected chi connectivity index (χ0v) is 21.6. The summed E-state index contributed by atoms with van der Waals surface area (Å²) in [7, 11) is 0. The van der Waals surface area contributed by atoms with Crippen molar-refractivity contribution in [3.05, 3.63) is 65.5 Å². The molecule has 13 heteroatoms. The van der Waals surface area contributed by atoms with Crippen LogP contribution in [0, 0.1) is 5.82 Å². The molecule has 0 aliphatic carbocycles. The van der Waals surface area contributed by atoms with E-state index in [2.05, 4.69) is 30.3 Å². The van der Waals surface area contributed by atoms with Gasteiger partial charge in [-0.1, -0.05) is 6.08 Å². The minimum Gasteiger partial charge on any atom is -0.383 e. The number of nitrogens with zero attached hydrogens (tertiary/aromatic N) is 8. The number of aromatic amines is 1. The van der Waals surface area contributed by atoms with Gasteiger partial charge in [-0.05, 0) is 44.7 Å². The number of Topliss-reactive ketones (excluding diaryl/α,β-unsaturated/α-hetero) is 1. The predicted molar refractivity (Wildman–Crippen MR) is 142 cm³/mol. The normalized spacial score (nSPS) is 21.8. The summed E-state index contributed by atoms with van der Waals surface area (Å²) in [6.45, 7) is 1.97. The lowest BCUT2D eigenvalue weighted by molar-refractivity contribution is 0.0556. The summed E-state index contributed by atoms with van der Waals surface area (Å²) in [5.74, 6) is -0.593. The van der Waals surface area contributed by atoms with Gasteiger partial charge in [0.15, 0.2) is 17.2 Å². The third-order valence-corrected chi connectivity index (χ3v) is 8.07. The molecule has 2 fully saturated rings. The van der Waals surface area contributed by atoms with Crippen LogP contribution in [-0.2, 0) is 0 Å². The second kappa shape index (κ2) is 9.14. The summed E-state index contributed by atoms with van der Waals surface area (Å²) in [5, 5.41) is 10.9. The molecule has 0 saturated carbocycles. The Morgan fingerprint density at radius 2 is 1.95 bits per heavy atom. The SMILES string of the molecule is CC(=O)c1c(C2C[C@H]3CC[C@@H](C2)N3C(=O)c2ncn[nH]2)nc2c(-c3cnc(C4=NCC=C4)c(F)c3)cnn2c1N. The third-order valence-electron chi connectivity index (χ3n) is 8.07. The van der Waals surface area contributed by atoms with E-state index < -0.39 is 5.82 Å². The number of carbonyl (C=O) groups excluding carboxylic acids is 2. The second-order valence-corrected chi connectivity index (χ2v) is 10.4. The van der Waals surface area contributed by atoms with Crippen LogP contribution in [-0.4, -0.2) is 75.7 Å². The smallest absolute Gasteiger partial charge is 0.291 e. The Labute approximate surface area is 227 Å². The first kappa shape index (κ1) is 24.2. The molecule has 3 aliphatic rings. The lowest BCUT2D eigenvalue weighted by Crippen LogP contribution is -2.46. The van der Waals surface area contributed by atoms with Gasteiger partial charge in [0.25, 0.3) is 5.91 Å². The topological polar surface area (TPSA) is 160 Å². The van der Waals surface area contributed by atoms with Gasteiger partial charge in [-0.2, -0.15) is 14.7 Å². The summed E-state index contributed by atoms with van der Waals surface area (Å²) in [6.07, 6.45) is 11.0. The van der Waals surface area contributed by atoms with Crippen LogP contribution in [0.2, 0.25) is 0 Å². The van der Waals surface area contributed by atoms with Crippen LogP contribution in [0.15, 0.2) is 41.9 Å². The Kier molecular flexibility index (Phi) is 5.54. The van der Waals surface area contributed by atoms with Gasteiger partial charge in [-0.15, -0.1) is 0 Å². The Morgan fingerprint density at radius 1 is 1.15 bits per heavy atom. The number of allylic oxidation sites excluding steroid dienone is 1. The molecule has 1 unspecified atom stereocenters. The summed E-state index contributed by atoms with van der Waals surface area (Å²) in [5.41, 5.74) is 9.56. The second-order valence-electron chi connectivity index (χ2n) is 10.4. The Bertz CT molecular complexity index is 1730. The predicted octanol–water partition coefficient (Wildman–Crippen LogP) is 2.74. The Morgan fingerprint density at radius 3 is 2.60 bits per heavy atom. The maximum atomic E-state index is 15.1. The number of amides is 1. The van der Waals surface area contributed by atoms with Gasteiger partial charge >= 0.3 is 0 Å². The van der Waals surface area contributed by atoms with E-state index in [4.69, 9.17) is 10.7 Å². The highest BCUT2D eigenvalue weighted by molar-refractivity contribution is 6.09. The number of anilines is 1. The molecule has 2 saturated heterocycles. The number of ketones is 1. The van der Waals surface area contributed by atoms with E-state index in [-0.39, 0.29) is 47.0 Å². The van der Waals surface area contributed by atoms with Crippen molar-refractivity contribution in [1.29, 1.82) is 0 Å². The van der Waals surface area contributed by atoms with Gasteiger partial charge in [0.05, 0.1) is 29.7 Å². The molecule has 7 heterocycles. The van der Waals surface area contributed by atoms with Crippen molar-refractivity contribution in [2.45, 2.75) is 50.6 Å². The van der Waals surface area contributed by atoms with E-state index in [1.807, 2.05) is 11.0 Å². The molecule has 0 radical (unpaired) electrons. The lowest BCUT2D eigenvalue weighted by Gasteiger charge is -2.38. The number of aromatic nitrogens is 7. The van der Waals surface area contributed by atoms with Gasteiger partial charge in [0.1, 0.15) is 17.8 Å². The van der Waals surface area contributed by atoms with Crippen molar-refractivity contribution in [3.8, 4) is 11.1 Å². The van der Waals surface area contributed by atoms with Crippen LogP contribution < -0.4 is 5.73 Å². The monoisotopic (exact) mass is 540 g/mol. The van der Waals surface area contributed by atoms with Crippen molar-refractivity contribution in [3.63, 3.8) is 0 Å². The van der Waals surface area contributed by atoms with E-state index >= 15 is 4.39 Å². The van der Waals surface area contributed by atoms with Crippen LogP contribution in [0.1, 0.15) is 70.9 Å². The van der Waals surface area contributed by atoms with Crippen LogP contribution in [0.3, 0.4) is 0 Å². The number of H-pyrrole nitrogens is 1. The summed E-state index contributed by atoms with van der Waals surface area (Å²) >= 11 is 0. The van der Waals surface area contributed by atoms with Crippen molar-refractivity contribution >= 4 is 28.9 Å². The molecular formula is C27H25FN10O2. The van der Waals surface area contributed by atoms with Crippen molar-refractivity contribution in [1.82, 2.24) is 39.7 Å². The highest BCUT2D eigenvalue weighted by Gasteiger charge is 2.45. The fraction of sp³-hybridized carbons (Fsp3) is 0.333. The van der Waals surface area contributed by atoms with Crippen LogP contribution in [0.5, 0.6) is 0 Å². The third kappa shape index (κ3) is 3.72. The maximum absolute atomic E-state index is 15.1. The number of rotatable bonds is 5. The van der Waals surface area contributed by atoms with E-state index in [0.717, 1.165) is 12.8 Å². The average molecular weight is 541 g/mol. The van der Waals surface area contributed by atoms with Gasteiger partial charge in [0, 0.05) is 35.3 Å². The molecule has 7 rings (SSSR count). The van der Waals surface area contributed by atoms with E-state index in [0.29, 0.717) is 53.1 Å². The number of pyridine rings is 1. The van der Waals surface area contributed by atoms with Gasteiger partial charge in [-0.3, -0.25) is 24.7 Å². The summed E-state index contributed by atoms with van der Waals surface area (Å²) < 4.78 is 16.5. The number of hydrogen-bond donors (Lipinski definition) is 2. The number of carbonyl (C=O) groups is 2. The molecule has 3 atom stereocenters. The molecule has 202 valence electrons. The first-order chi connectivity index (χ1) is 19.4. The zero-order chi connectivity index (χ0) is 27.5. The molecule has 2 bridgehead atoms. The maximum Gasteiger partial charge on any atom is 0.291 e. The van der Waals surface area contributed by atoms with E-state index in [9.17, 15) is 9.59 Å². The number of nitrogens with two attached hydrogens (primary N) is 1. The molecule has 12 nitrogen and oxygen atoms in total. The number of nitrogens with one attached hydrogen (secondary N) is 1. The van der Waals surface area contributed by atoms with Crippen LogP contribution >= 0.6 is 0 Å². The molecule has 3 N–H and O–H groups in total. The molecule has 40 heavy (non-hydrogen) atoms. The molecule has 4 aromatic heterocycles. The fourth-order valence-electron chi connectivity index (χ4n) is 6.35. The highest BCUT2D eigenvalue weighted by atomic mass is 19.1. The van der Waals surface area contributed by atoms with E-state index in [1.54, 1.807) is 18.5 Å². The highest BCUT2D eigenvalue weighted by Crippen LogP contribution is 2.45. The van der Waals surface area contributed by atoms with Crippen molar-refractivity contribution in [2.75, 3.05) is 12.3 Å². The van der Waals surface area contributed by atoms with Crippen LogP contribution in [0.25, 0.3) is 16.8 Å². The quantitative estimate of drug-likeness (QED) is 0.365. The molecule has 4 aromatic rings. The van der Waals surface area contributed by atoms with Crippen molar-refractivity contribution in [2.24, 2.45) is 4.99 Å². The Hall–Kier alpha value is -4.81. The lowest BCUT2D eigenvalue weighted by atomic mass is 9.85. The molecule has 0 aromatic carbocycles. The number of halogens is 1. The number of piperidine rings is 1. The number of fused-ring (bicyclic) bond motifs is 3. The number of aliphatic imine (C=N–C) groups is 1. The standard InChI is InChI=1S/C27H25FN10O2/c1-13(39)21-22(14-7-16-4-5-17(8-14)37(16)27(40)25-32-12-33-36-25)35-26-18(11-34-38(26)24(21)29)15-9-19(28)23(31-10-15)20-3-2-6-30-20/h2-3,9-12,14,16-17H,4-8,29H2,1H3,(H,32,33,36)/t14?,16-,17+. The van der Waals surface area contributed by atoms with Crippen LogP contribution in [0.4, 0.5) is 10.2 Å². The summed E-state index contributed by atoms with van der Waals surface area (Å²) in [6, 6.07) is 1.34. The first-order valence-corrected chi connectivity index (χ1v) is 13.1. The molecule has 3 aliphatic heterocycles. The van der Waals surface area contributed by atoms with Gasteiger partial charge in [0.2, 0.25) is 5.82 Å². The fourth-order valence-corrected chi connectivity index (χ4v) is 6.35. The molecule has 1 amide bonds. The minimum absolute atomic E-state index is 0.0248. The first-order valence-electron chi connectivity index (χ1n) is 13.1. The van der Waals surface area contributed by atoms with E-state index in [1.165, 1.54) is 23.8 Å². The zero-order valence-electron chi connectivity index (χ0n) is 21.6. The Balaban J connectivity index is 1.28. The minimum atomic E-state index is -0.504. The van der Waals surface area contributed by atoms with Crippen molar-refractivity contribution < 1.29 is 14.0 Å². The number of hydrogen-bond acceptors (Lipinski definition) is 9. The average Bonchev–Trinajstić information content (AvgIpc) is 3.75. The number of nitrogen functional groups attached to an aromatic ring is 1. The van der Waals surface area contributed by atoms with Gasteiger partial charge in [-0.25, -0.2) is 14.4 Å². The van der Waals surface area contributed by atoms with Gasteiger partial charge < -0.3 is 10.6 Å². The molecule has 0 spiro atoms. The summed E-state index contributed by atoms with van der Waals surface area (Å²) in [4.78, 5) is 45.4. The largest absolute Gasteiger partial charge is 0.383 e. The molecular weight excluding hydrogens is 515 g/mol.